The van der Waals surface area contributed by atoms with Crippen molar-refractivity contribution in [2.75, 3.05) is 0 Å². The lowest BCUT2D eigenvalue weighted by molar-refractivity contribution is -0.117. The molecule has 1 heterocycles. The molecule has 0 N–H and O–H groups in total. The van der Waals surface area contributed by atoms with Crippen molar-refractivity contribution < 1.29 is 4.79 Å². The molecule has 6 heteroatoms. The van der Waals surface area contributed by atoms with Crippen molar-refractivity contribution in [2.45, 2.75) is 19.8 Å². The number of nitrogens with zero attached hydrogens (tertiary/aromatic N) is 3. The average Bonchev–Trinajstić information content (AvgIpc) is 2.36. The van der Waals surface area contributed by atoms with E-state index < -0.39 is 0 Å². The normalized spacial score (nSPS) is 19.2. The standard InChI is InChI=1S/C6H7BrN3OS/c1-2-3-4(11)8-6-10-9-5(7)12-6/h2-3H2,1H3. The van der Waals surface area contributed by atoms with E-state index in [-0.39, 0.29) is 5.91 Å². The van der Waals surface area contributed by atoms with Crippen LogP contribution in [0.2, 0.25) is 0 Å². The van der Waals surface area contributed by atoms with Gasteiger partial charge in [-0.1, -0.05) is 6.92 Å². The molecule has 0 fully saturated rings. The SMILES string of the molecule is CCCC(=O)N=C1[N]N=C(Br)S1. The van der Waals surface area contributed by atoms with E-state index in [1.807, 2.05) is 6.92 Å². The fourth-order valence-electron chi connectivity index (χ4n) is 0.620. The maximum Gasteiger partial charge on any atom is 0.248 e. The lowest BCUT2D eigenvalue weighted by Gasteiger charge is -1.90. The fourth-order valence-corrected chi connectivity index (χ4v) is 1.59. The zero-order valence-corrected chi connectivity index (χ0v) is 8.85. The van der Waals surface area contributed by atoms with Crippen LogP contribution in [0.4, 0.5) is 0 Å². The molecule has 0 saturated heterocycles. The number of hydrogen-bond acceptors (Lipinski definition) is 3. The minimum Gasteiger partial charge on any atom is -0.273 e. The largest absolute Gasteiger partial charge is 0.273 e. The van der Waals surface area contributed by atoms with Crippen LogP contribution in [0, 0.1) is 0 Å². The predicted molar refractivity (Wildman–Crippen MR) is 53.4 cm³/mol. The van der Waals surface area contributed by atoms with Gasteiger partial charge in [0.1, 0.15) is 0 Å². The molecule has 12 heavy (non-hydrogen) atoms. The molecular formula is C6H7BrN3OS. The summed E-state index contributed by atoms with van der Waals surface area (Å²) in [6.07, 6.45) is 1.28. The second kappa shape index (κ2) is 4.61. The Bertz CT molecular complexity index is 251. The number of carbonyl (C=O) groups excluding carboxylic acids is 1. The van der Waals surface area contributed by atoms with Gasteiger partial charge in [-0.2, -0.15) is 4.99 Å². The molecule has 0 spiro atoms. The molecule has 0 bridgehead atoms. The van der Waals surface area contributed by atoms with E-state index in [0.717, 1.165) is 6.42 Å². The van der Waals surface area contributed by atoms with E-state index in [1.165, 1.54) is 11.8 Å². The van der Waals surface area contributed by atoms with Crippen LogP contribution in [0.15, 0.2) is 10.1 Å². The molecule has 1 aliphatic heterocycles. The quantitative estimate of drug-likeness (QED) is 0.747. The Morgan fingerprint density at radius 1 is 1.75 bits per heavy atom. The monoisotopic (exact) mass is 248 g/mol. The van der Waals surface area contributed by atoms with Crippen molar-refractivity contribution in [2.24, 2.45) is 10.1 Å². The van der Waals surface area contributed by atoms with E-state index >= 15 is 0 Å². The van der Waals surface area contributed by atoms with E-state index in [2.05, 4.69) is 31.4 Å². The van der Waals surface area contributed by atoms with Gasteiger partial charge in [0.05, 0.1) is 0 Å². The van der Waals surface area contributed by atoms with Crippen molar-refractivity contribution in [1.29, 1.82) is 0 Å². The predicted octanol–water partition coefficient (Wildman–Crippen LogP) is 1.69. The van der Waals surface area contributed by atoms with Crippen molar-refractivity contribution in [3.05, 3.63) is 0 Å². The van der Waals surface area contributed by atoms with Gasteiger partial charge in [0.25, 0.3) is 0 Å². The fraction of sp³-hybridized carbons (Fsp3) is 0.500. The molecule has 0 unspecified atom stereocenters. The molecule has 1 radical (unpaired) electrons. The highest BCUT2D eigenvalue weighted by Gasteiger charge is 2.14. The first-order valence-corrected chi connectivity index (χ1v) is 5.07. The third-order valence-corrected chi connectivity index (χ3v) is 2.32. The maximum atomic E-state index is 11.0. The minimum atomic E-state index is -0.138. The summed E-state index contributed by atoms with van der Waals surface area (Å²) in [6, 6.07) is 0. The third kappa shape index (κ3) is 2.94. The van der Waals surface area contributed by atoms with Crippen LogP contribution in [0.3, 0.4) is 0 Å². The molecule has 0 aromatic heterocycles. The van der Waals surface area contributed by atoms with Gasteiger partial charge >= 0.3 is 0 Å². The third-order valence-electron chi connectivity index (χ3n) is 1.07. The molecule has 1 aliphatic rings. The molecule has 1 amide bonds. The van der Waals surface area contributed by atoms with Gasteiger partial charge in [0.15, 0.2) is 3.95 Å². The van der Waals surface area contributed by atoms with Gasteiger partial charge < -0.3 is 0 Å². The second-order valence-electron chi connectivity index (χ2n) is 2.09. The number of halogens is 1. The molecule has 0 aromatic carbocycles. The summed E-state index contributed by atoms with van der Waals surface area (Å²) >= 11 is 4.38. The average molecular weight is 249 g/mol. The van der Waals surface area contributed by atoms with Gasteiger partial charge in [-0.3, -0.25) is 4.79 Å². The van der Waals surface area contributed by atoms with Crippen LogP contribution < -0.4 is 5.43 Å². The van der Waals surface area contributed by atoms with Crippen molar-refractivity contribution >= 4 is 42.7 Å². The highest BCUT2D eigenvalue weighted by Crippen LogP contribution is 2.17. The minimum absolute atomic E-state index is 0.138. The van der Waals surface area contributed by atoms with Gasteiger partial charge in [-0.15, -0.1) is 10.5 Å². The first kappa shape index (κ1) is 9.73. The Balaban J connectivity index is 2.44. The summed E-state index contributed by atoms with van der Waals surface area (Å²) in [4.78, 5) is 14.7. The molecule has 0 aromatic rings. The lowest BCUT2D eigenvalue weighted by Crippen LogP contribution is -2.03. The molecule has 0 aliphatic carbocycles. The molecule has 4 nitrogen and oxygen atoms in total. The number of amidine groups is 1. The summed E-state index contributed by atoms with van der Waals surface area (Å²) in [5.74, 6) is -0.138. The Morgan fingerprint density at radius 2 is 2.50 bits per heavy atom. The van der Waals surface area contributed by atoms with Crippen LogP contribution in [-0.4, -0.2) is 15.0 Å². The van der Waals surface area contributed by atoms with Gasteiger partial charge in [-0.05, 0) is 34.1 Å². The first-order chi connectivity index (χ1) is 5.72. The van der Waals surface area contributed by atoms with Gasteiger partial charge in [0.2, 0.25) is 11.1 Å². The number of rotatable bonds is 2. The van der Waals surface area contributed by atoms with Crippen molar-refractivity contribution in [3.8, 4) is 0 Å². The van der Waals surface area contributed by atoms with Crippen LogP contribution in [0.5, 0.6) is 0 Å². The first-order valence-electron chi connectivity index (χ1n) is 3.46. The lowest BCUT2D eigenvalue weighted by atomic mass is 10.3. The Kier molecular flexibility index (Phi) is 3.74. The Morgan fingerprint density at radius 3 is 3.00 bits per heavy atom. The van der Waals surface area contributed by atoms with E-state index in [0.29, 0.717) is 15.5 Å². The number of carbonyl (C=O) groups is 1. The van der Waals surface area contributed by atoms with Crippen LogP contribution in [0.1, 0.15) is 19.8 Å². The second-order valence-corrected chi connectivity index (χ2v) is 4.33. The summed E-state index contributed by atoms with van der Waals surface area (Å²) in [7, 11) is 0. The highest BCUT2D eigenvalue weighted by molar-refractivity contribution is 9.22. The highest BCUT2D eigenvalue weighted by atomic mass is 79.9. The maximum absolute atomic E-state index is 11.0. The molecule has 1 rings (SSSR count). The zero-order valence-electron chi connectivity index (χ0n) is 6.45. The van der Waals surface area contributed by atoms with E-state index in [4.69, 9.17) is 0 Å². The zero-order chi connectivity index (χ0) is 8.97. The van der Waals surface area contributed by atoms with Gasteiger partial charge in [0, 0.05) is 6.42 Å². The Hall–Kier alpha value is -0.360. The van der Waals surface area contributed by atoms with Crippen molar-refractivity contribution in [3.63, 3.8) is 0 Å². The summed E-state index contributed by atoms with van der Waals surface area (Å²) in [5, 5.41) is 4.09. The Labute approximate surface area is 83.0 Å². The van der Waals surface area contributed by atoms with Crippen LogP contribution >= 0.6 is 27.7 Å². The molecular weight excluding hydrogens is 242 g/mol. The number of thioether (sulfide) groups is 1. The van der Waals surface area contributed by atoms with E-state index in [9.17, 15) is 4.79 Å². The molecule has 0 saturated carbocycles. The van der Waals surface area contributed by atoms with Crippen LogP contribution in [-0.2, 0) is 4.79 Å². The summed E-state index contributed by atoms with van der Waals surface area (Å²) in [6.45, 7) is 1.93. The number of hydrogen-bond donors (Lipinski definition) is 0. The smallest absolute Gasteiger partial charge is 0.248 e. The van der Waals surface area contributed by atoms with Crippen LogP contribution in [0.25, 0.3) is 0 Å². The van der Waals surface area contributed by atoms with E-state index in [1.54, 1.807) is 0 Å². The molecule has 0 atom stereocenters. The number of aliphatic imine (C=N–C) groups is 1. The molecule has 65 valence electrons. The topological polar surface area (TPSA) is 55.9 Å². The van der Waals surface area contributed by atoms with Crippen molar-refractivity contribution in [1.82, 2.24) is 5.43 Å². The summed E-state index contributed by atoms with van der Waals surface area (Å²) in [5.41, 5.74) is 3.67. The summed E-state index contributed by atoms with van der Waals surface area (Å²) < 4.78 is 0.644. The van der Waals surface area contributed by atoms with Gasteiger partial charge in [-0.25, -0.2) is 0 Å². The number of amides is 1.